The van der Waals surface area contributed by atoms with Crippen LogP contribution in [0.15, 0.2) is 0 Å². The lowest BCUT2D eigenvalue weighted by molar-refractivity contribution is -0.142. The Labute approximate surface area is 93.1 Å². The van der Waals surface area contributed by atoms with Crippen molar-refractivity contribution in [3.8, 4) is 6.07 Å². The summed E-state index contributed by atoms with van der Waals surface area (Å²) in [4.78, 5) is 0. The molecule has 1 aliphatic carbocycles. The first-order valence-corrected chi connectivity index (χ1v) is 5.43. The van der Waals surface area contributed by atoms with E-state index in [0.717, 1.165) is 6.42 Å². The fourth-order valence-electron chi connectivity index (χ4n) is 2.17. The van der Waals surface area contributed by atoms with Gasteiger partial charge in [-0.1, -0.05) is 6.42 Å². The minimum absolute atomic E-state index is 0.0278. The molecule has 0 bridgehead atoms. The Morgan fingerprint density at radius 2 is 1.88 bits per heavy atom. The van der Waals surface area contributed by atoms with E-state index in [1.807, 2.05) is 0 Å². The third-order valence-corrected chi connectivity index (χ3v) is 3.58. The Hall–Kier alpha value is -0.760. The van der Waals surface area contributed by atoms with Crippen LogP contribution in [0.25, 0.3) is 0 Å². The van der Waals surface area contributed by atoms with Crippen LogP contribution in [-0.2, 0) is 0 Å². The molecule has 0 aliphatic heterocycles. The SMILES string of the molecule is CC(O)(CCCC(F)(F)F)C1(C#N)CCC1. The molecule has 5 heteroatoms. The zero-order valence-electron chi connectivity index (χ0n) is 9.27. The summed E-state index contributed by atoms with van der Waals surface area (Å²) in [5, 5.41) is 19.1. The van der Waals surface area contributed by atoms with Crippen LogP contribution >= 0.6 is 0 Å². The number of halogens is 3. The van der Waals surface area contributed by atoms with E-state index < -0.39 is 23.6 Å². The van der Waals surface area contributed by atoms with Crippen molar-refractivity contribution in [1.82, 2.24) is 0 Å². The van der Waals surface area contributed by atoms with Gasteiger partial charge >= 0.3 is 6.18 Å². The molecule has 16 heavy (non-hydrogen) atoms. The Balaban J connectivity index is 2.49. The molecule has 1 unspecified atom stereocenters. The third-order valence-electron chi connectivity index (χ3n) is 3.58. The van der Waals surface area contributed by atoms with Crippen LogP contribution < -0.4 is 0 Å². The number of hydrogen-bond donors (Lipinski definition) is 1. The molecule has 0 aromatic carbocycles. The van der Waals surface area contributed by atoms with E-state index in [9.17, 15) is 18.3 Å². The van der Waals surface area contributed by atoms with E-state index in [4.69, 9.17) is 5.26 Å². The van der Waals surface area contributed by atoms with Gasteiger partial charge in [0.25, 0.3) is 0 Å². The van der Waals surface area contributed by atoms with Crippen molar-refractivity contribution >= 4 is 0 Å². The van der Waals surface area contributed by atoms with Gasteiger partial charge in [0.15, 0.2) is 0 Å². The summed E-state index contributed by atoms with van der Waals surface area (Å²) in [7, 11) is 0. The Morgan fingerprint density at radius 1 is 1.31 bits per heavy atom. The smallest absolute Gasteiger partial charge is 0.389 e. The molecule has 0 amide bonds. The molecule has 2 nitrogen and oxygen atoms in total. The van der Waals surface area contributed by atoms with Crippen LogP contribution in [-0.4, -0.2) is 16.9 Å². The maximum atomic E-state index is 12.0. The summed E-state index contributed by atoms with van der Waals surface area (Å²) < 4.78 is 35.9. The predicted molar refractivity (Wildman–Crippen MR) is 52.4 cm³/mol. The molecule has 0 radical (unpaired) electrons. The summed E-state index contributed by atoms with van der Waals surface area (Å²) in [6, 6.07) is 2.07. The minimum atomic E-state index is -4.19. The van der Waals surface area contributed by atoms with E-state index in [1.54, 1.807) is 0 Å². The van der Waals surface area contributed by atoms with Gasteiger partial charge in [0, 0.05) is 6.42 Å². The van der Waals surface area contributed by atoms with Gasteiger partial charge < -0.3 is 5.11 Å². The second-order valence-corrected chi connectivity index (χ2v) is 4.79. The van der Waals surface area contributed by atoms with E-state index in [1.165, 1.54) is 6.92 Å². The fraction of sp³-hybridized carbons (Fsp3) is 0.909. The molecular weight excluding hydrogens is 219 g/mol. The standard InChI is InChI=1S/C11H16F3NO/c1-9(16,4-2-7-11(12,13)14)10(8-15)5-3-6-10/h16H,2-7H2,1H3. The molecule has 1 saturated carbocycles. The molecule has 92 valence electrons. The average molecular weight is 235 g/mol. The number of nitrogens with zero attached hydrogens (tertiary/aromatic N) is 1. The summed E-state index contributed by atoms with van der Waals surface area (Å²) in [6.45, 7) is 1.48. The van der Waals surface area contributed by atoms with Crippen LogP contribution in [0.2, 0.25) is 0 Å². The molecule has 0 heterocycles. The second kappa shape index (κ2) is 4.25. The molecule has 0 spiro atoms. The Kier molecular flexibility index (Phi) is 3.53. The number of alkyl halides is 3. The van der Waals surface area contributed by atoms with Crippen LogP contribution in [0.1, 0.15) is 45.4 Å². The zero-order chi connectivity index (χ0) is 12.4. The van der Waals surface area contributed by atoms with Crippen molar-refractivity contribution in [2.45, 2.75) is 57.2 Å². The number of hydrogen-bond acceptors (Lipinski definition) is 2. The van der Waals surface area contributed by atoms with Crippen molar-refractivity contribution < 1.29 is 18.3 Å². The first kappa shape index (κ1) is 13.3. The van der Waals surface area contributed by atoms with Gasteiger partial charge in [-0.25, -0.2) is 0 Å². The highest BCUT2D eigenvalue weighted by Gasteiger charge is 2.51. The summed E-state index contributed by atoms with van der Waals surface area (Å²) in [5.41, 5.74) is -2.12. The summed E-state index contributed by atoms with van der Waals surface area (Å²) >= 11 is 0. The van der Waals surface area contributed by atoms with E-state index >= 15 is 0 Å². The Morgan fingerprint density at radius 3 is 2.19 bits per heavy atom. The number of rotatable bonds is 4. The molecule has 1 rings (SSSR count). The van der Waals surface area contributed by atoms with Gasteiger partial charge in [0.1, 0.15) is 0 Å². The topological polar surface area (TPSA) is 44.0 Å². The molecule has 0 aromatic rings. The molecule has 1 atom stereocenters. The van der Waals surface area contributed by atoms with E-state index in [-0.39, 0.29) is 12.8 Å². The molecule has 0 saturated heterocycles. The van der Waals surface area contributed by atoms with Gasteiger partial charge in [0.2, 0.25) is 0 Å². The highest BCUT2D eigenvalue weighted by Crippen LogP contribution is 2.50. The minimum Gasteiger partial charge on any atom is -0.389 e. The maximum Gasteiger partial charge on any atom is 0.389 e. The maximum absolute atomic E-state index is 12.0. The van der Waals surface area contributed by atoms with E-state index in [0.29, 0.717) is 12.8 Å². The quantitative estimate of drug-likeness (QED) is 0.813. The molecular formula is C11H16F3NO. The lowest BCUT2D eigenvalue weighted by Gasteiger charge is -2.46. The monoisotopic (exact) mass is 235 g/mol. The van der Waals surface area contributed by atoms with E-state index in [2.05, 4.69) is 6.07 Å². The largest absolute Gasteiger partial charge is 0.389 e. The Bertz CT molecular complexity index is 287. The lowest BCUT2D eigenvalue weighted by atomic mass is 9.59. The summed E-state index contributed by atoms with van der Waals surface area (Å²) in [6.07, 6.45) is -3.14. The fourth-order valence-corrected chi connectivity index (χ4v) is 2.17. The molecule has 1 N–H and O–H groups in total. The molecule has 0 aromatic heterocycles. The molecule has 1 fully saturated rings. The predicted octanol–water partition coefficient (Wildman–Crippen LogP) is 3.16. The third kappa shape index (κ3) is 2.67. The van der Waals surface area contributed by atoms with Crippen LogP contribution in [0.3, 0.4) is 0 Å². The van der Waals surface area contributed by atoms with Crippen molar-refractivity contribution in [1.29, 1.82) is 5.26 Å². The van der Waals surface area contributed by atoms with Gasteiger partial charge in [-0.05, 0) is 32.6 Å². The highest BCUT2D eigenvalue weighted by atomic mass is 19.4. The number of nitriles is 1. The van der Waals surface area contributed by atoms with Crippen LogP contribution in [0.4, 0.5) is 13.2 Å². The van der Waals surface area contributed by atoms with Crippen molar-refractivity contribution in [3.63, 3.8) is 0 Å². The first-order chi connectivity index (χ1) is 7.22. The summed E-state index contributed by atoms with van der Waals surface area (Å²) in [5.74, 6) is 0. The number of aliphatic hydroxyl groups is 1. The van der Waals surface area contributed by atoms with Gasteiger partial charge in [-0.2, -0.15) is 18.4 Å². The second-order valence-electron chi connectivity index (χ2n) is 4.79. The van der Waals surface area contributed by atoms with Crippen LogP contribution in [0.5, 0.6) is 0 Å². The lowest BCUT2D eigenvalue weighted by Crippen LogP contribution is -2.49. The average Bonchev–Trinajstić information content (AvgIpc) is 1.98. The zero-order valence-corrected chi connectivity index (χ0v) is 9.27. The van der Waals surface area contributed by atoms with Crippen molar-refractivity contribution in [2.24, 2.45) is 5.41 Å². The van der Waals surface area contributed by atoms with Crippen LogP contribution in [0, 0.1) is 16.7 Å². The first-order valence-electron chi connectivity index (χ1n) is 5.43. The normalized spacial score (nSPS) is 23.0. The van der Waals surface area contributed by atoms with Gasteiger partial charge in [0.05, 0.1) is 17.1 Å². The highest BCUT2D eigenvalue weighted by molar-refractivity contribution is 5.14. The van der Waals surface area contributed by atoms with Crippen molar-refractivity contribution in [3.05, 3.63) is 0 Å². The molecule has 1 aliphatic rings. The van der Waals surface area contributed by atoms with Crippen molar-refractivity contribution in [2.75, 3.05) is 0 Å². The van der Waals surface area contributed by atoms with Gasteiger partial charge in [-0.3, -0.25) is 0 Å². The van der Waals surface area contributed by atoms with Gasteiger partial charge in [-0.15, -0.1) is 0 Å².